The van der Waals surface area contributed by atoms with Crippen LogP contribution in [0.2, 0.25) is 0 Å². The van der Waals surface area contributed by atoms with Crippen LogP contribution in [-0.4, -0.2) is 69.3 Å². The third-order valence-electron chi connectivity index (χ3n) is 5.98. The Balaban J connectivity index is 1.31. The average molecular weight is 369 g/mol. The summed E-state index contributed by atoms with van der Waals surface area (Å²) in [6, 6.07) is 7.67. The molecule has 4 rings (SSSR count). The summed E-state index contributed by atoms with van der Waals surface area (Å²) in [6.07, 6.45) is 5.67. The Morgan fingerprint density at radius 2 is 2.11 bits per heavy atom. The van der Waals surface area contributed by atoms with Gasteiger partial charge in [0.05, 0.1) is 24.4 Å². The molecule has 4 heterocycles. The van der Waals surface area contributed by atoms with Crippen LogP contribution in [0.15, 0.2) is 36.7 Å². The van der Waals surface area contributed by atoms with E-state index in [0.717, 1.165) is 44.8 Å². The van der Waals surface area contributed by atoms with Crippen LogP contribution in [0.3, 0.4) is 0 Å². The molecular formula is C20H27N5O2. The van der Waals surface area contributed by atoms with Crippen LogP contribution < -0.4 is 0 Å². The van der Waals surface area contributed by atoms with Crippen LogP contribution in [0.5, 0.6) is 0 Å². The summed E-state index contributed by atoms with van der Waals surface area (Å²) in [5.41, 5.74) is 1.71. The van der Waals surface area contributed by atoms with Crippen LogP contribution in [0.1, 0.15) is 29.0 Å². The van der Waals surface area contributed by atoms with Gasteiger partial charge in [-0.15, -0.1) is 0 Å². The number of hydrogen-bond acceptors (Lipinski definition) is 5. The summed E-state index contributed by atoms with van der Waals surface area (Å²) in [7, 11) is 3.99. The number of ether oxygens (including phenoxy) is 1. The summed E-state index contributed by atoms with van der Waals surface area (Å²) < 4.78 is 7.58. The van der Waals surface area contributed by atoms with Crippen LogP contribution in [0.25, 0.3) is 0 Å². The van der Waals surface area contributed by atoms with Crippen molar-refractivity contribution in [3.05, 3.63) is 48.0 Å². The van der Waals surface area contributed by atoms with E-state index in [1.807, 2.05) is 30.1 Å². The summed E-state index contributed by atoms with van der Waals surface area (Å²) in [5.74, 6) is 0.599. The predicted molar refractivity (Wildman–Crippen MR) is 101 cm³/mol. The molecule has 1 spiro atoms. The van der Waals surface area contributed by atoms with Gasteiger partial charge in [0, 0.05) is 32.5 Å². The van der Waals surface area contributed by atoms with E-state index in [1.54, 1.807) is 23.1 Å². The molecule has 144 valence electrons. The predicted octanol–water partition coefficient (Wildman–Crippen LogP) is 1.57. The third-order valence-corrected chi connectivity index (χ3v) is 5.98. The molecule has 7 heteroatoms. The number of rotatable bonds is 5. The highest BCUT2D eigenvalue weighted by atomic mass is 16.5. The van der Waals surface area contributed by atoms with Crippen molar-refractivity contribution in [1.82, 2.24) is 24.6 Å². The Labute approximate surface area is 159 Å². The van der Waals surface area contributed by atoms with Gasteiger partial charge in [0.2, 0.25) is 0 Å². The minimum atomic E-state index is 0.0718. The SMILES string of the molecule is CN1CC[C@@H](COCc2ccccn2)CC12CN(C(=O)c1ccnn1C)C2. The normalized spacial score (nSPS) is 22.0. The minimum absolute atomic E-state index is 0.0718. The topological polar surface area (TPSA) is 63.5 Å². The summed E-state index contributed by atoms with van der Waals surface area (Å²) in [4.78, 5) is 21.3. The van der Waals surface area contributed by atoms with E-state index < -0.39 is 0 Å². The molecular weight excluding hydrogens is 342 g/mol. The van der Waals surface area contributed by atoms with Gasteiger partial charge in [-0.1, -0.05) is 6.07 Å². The Hall–Kier alpha value is -2.25. The summed E-state index contributed by atoms with van der Waals surface area (Å²) in [6.45, 7) is 3.92. The molecule has 0 N–H and O–H groups in total. The zero-order valence-electron chi connectivity index (χ0n) is 16.0. The van der Waals surface area contributed by atoms with Gasteiger partial charge in [-0.2, -0.15) is 5.10 Å². The maximum absolute atomic E-state index is 12.7. The number of carbonyl (C=O) groups is 1. The van der Waals surface area contributed by atoms with Gasteiger partial charge >= 0.3 is 0 Å². The quantitative estimate of drug-likeness (QED) is 0.801. The number of aryl methyl sites for hydroxylation is 1. The van der Waals surface area contributed by atoms with Crippen LogP contribution in [0, 0.1) is 5.92 Å². The van der Waals surface area contributed by atoms with E-state index in [-0.39, 0.29) is 11.4 Å². The summed E-state index contributed by atoms with van der Waals surface area (Å²) in [5, 5.41) is 4.11. The molecule has 1 amide bonds. The van der Waals surface area contributed by atoms with E-state index in [1.165, 1.54) is 0 Å². The number of piperidine rings is 1. The highest BCUT2D eigenvalue weighted by molar-refractivity contribution is 5.93. The molecule has 2 aliphatic heterocycles. The first-order valence-electron chi connectivity index (χ1n) is 9.54. The Bertz CT molecular complexity index is 785. The monoisotopic (exact) mass is 369 g/mol. The Kier molecular flexibility index (Phi) is 4.97. The number of hydrogen-bond donors (Lipinski definition) is 0. The first-order chi connectivity index (χ1) is 13.1. The van der Waals surface area contributed by atoms with Gasteiger partial charge in [-0.05, 0) is 50.6 Å². The lowest BCUT2D eigenvalue weighted by Crippen LogP contribution is -2.72. The standard InChI is InChI=1S/C20H27N5O2/c1-23-10-7-16(12-27-13-17-5-3-4-8-21-17)11-20(23)14-25(15-20)19(26)18-6-9-22-24(18)2/h3-6,8-9,16H,7,10-15H2,1-2H3/t16-/m1/s1. The number of likely N-dealkylation sites (N-methyl/N-ethyl adjacent to an activating group) is 1. The number of amides is 1. The molecule has 2 aliphatic rings. The maximum Gasteiger partial charge on any atom is 0.272 e. The van der Waals surface area contributed by atoms with Gasteiger partial charge in [-0.3, -0.25) is 19.4 Å². The minimum Gasteiger partial charge on any atom is -0.375 e. The number of aromatic nitrogens is 3. The van der Waals surface area contributed by atoms with E-state index in [2.05, 4.69) is 22.0 Å². The first-order valence-corrected chi connectivity index (χ1v) is 9.54. The van der Waals surface area contributed by atoms with Crippen molar-refractivity contribution in [2.24, 2.45) is 13.0 Å². The number of carbonyl (C=O) groups excluding carboxylic acids is 1. The lowest BCUT2D eigenvalue weighted by molar-refractivity contribution is -0.0771. The fraction of sp³-hybridized carbons (Fsp3) is 0.550. The molecule has 2 saturated heterocycles. The molecule has 2 aromatic rings. The lowest BCUT2D eigenvalue weighted by Gasteiger charge is -2.58. The average Bonchev–Trinajstić information content (AvgIpc) is 3.07. The van der Waals surface area contributed by atoms with Crippen molar-refractivity contribution in [2.75, 3.05) is 33.3 Å². The highest BCUT2D eigenvalue weighted by Gasteiger charge is 2.51. The molecule has 2 aromatic heterocycles. The number of pyridine rings is 1. The molecule has 0 bridgehead atoms. The Morgan fingerprint density at radius 1 is 1.26 bits per heavy atom. The highest BCUT2D eigenvalue weighted by Crippen LogP contribution is 2.38. The van der Waals surface area contributed by atoms with E-state index >= 15 is 0 Å². The van der Waals surface area contributed by atoms with Crippen LogP contribution in [0.4, 0.5) is 0 Å². The first kappa shape index (κ1) is 18.1. The fourth-order valence-corrected chi connectivity index (χ4v) is 4.29. The molecule has 0 radical (unpaired) electrons. The van der Waals surface area contributed by atoms with Crippen molar-refractivity contribution in [3.8, 4) is 0 Å². The second-order valence-corrected chi connectivity index (χ2v) is 7.84. The molecule has 0 aromatic carbocycles. The van der Waals surface area contributed by atoms with Gasteiger partial charge in [-0.25, -0.2) is 0 Å². The largest absolute Gasteiger partial charge is 0.375 e. The van der Waals surface area contributed by atoms with Crippen LogP contribution in [-0.2, 0) is 18.4 Å². The zero-order valence-corrected chi connectivity index (χ0v) is 16.0. The van der Waals surface area contributed by atoms with Crippen molar-refractivity contribution < 1.29 is 9.53 Å². The molecule has 2 fully saturated rings. The summed E-state index contributed by atoms with van der Waals surface area (Å²) >= 11 is 0. The lowest BCUT2D eigenvalue weighted by atomic mass is 9.75. The smallest absolute Gasteiger partial charge is 0.272 e. The van der Waals surface area contributed by atoms with Gasteiger partial charge in [0.15, 0.2) is 0 Å². The van der Waals surface area contributed by atoms with E-state index in [0.29, 0.717) is 18.2 Å². The zero-order chi connectivity index (χ0) is 18.9. The Morgan fingerprint density at radius 3 is 2.81 bits per heavy atom. The second kappa shape index (κ2) is 7.40. The van der Waals surface area contributed by atoms with Crippen molar-refractivity contribution in [2.45, 2.75) is 25.0 Å². The maximum atomic E-state index is 12.7. The number of likely N-dealkylation sites (tertiary alicyclic amines) is 2. The van der Waals surface area contributed by atoms with E-state index in [9.17, 15) is 4.79 Å². The number of nitrogens with zero attached hydrogens (tertiary/aromatic N) is 5. The van der Waals surface area contributed by atoms with Crippen molar-refractivity contribution >= 4 is 5.91 Å². The molecule has 0 aliphatic carbocycles. The van der Waals surface area contributed by atoms with E-state index in [4.69, 9.17) is 4.74 Å². The molecule has 7 nitrogen and oxygen atoms in total. The van der Waals surface area contributed by atoms with Gasteiger partial charge in [0.25, 0.3) is 5.91 Å². The van der Waals surface area contributed by atoms with Crippen molar-refractivity contribution in [1.29, 1.82) is 0 Å². The molecule has 1 atom stereocenters. The van der Waals surface area contributed by atoms with Crippen LogP contribution >= 0.6 is 0 Å². The fourth-order valence-electron chi connectivity index (χ4n) is 4.29. The van der Waals surface area contributed by atoms with Gasteiger partial charge < -0.3 is 9.64 Å². The molecule has 0 saturated carbocycles. The molecule has 0 unspecified atom stereocenters. The van der Waals surface area contributed by atoms with Crippen molar-refractivity contribution in [3.63, 3.8) is 0 Å². The third kappa shape index (κ3) is 3.61. The second-order valence-electron chi connectivity index (χ2n) is 7.84. The molecule has 27 heavy (non-hydrogen) atoms. The van der Waals surface area contributed by atoms with Gasteiger partial charge in [0.1, 0.15) is 5.69 Å².